The minimum absolute atomic E-state index is 0.0473. The van der Waals surface area contributed by atoms with E-state index < -0.39 is 34.1 Å². The van der Waals surface area contributed by atoms with E-state index in [4.69, 9.17) is 11.6 Å². The average Bonchev–Trinajstić information content (AvgIpc) is 2.89. The van der Waals surface area contributed by atoms with Gasteiger partial charge in [0.15, 0.2) is 0 Å². The van der Waals surface area contributed by atoms with E-state index in [9.17, 15) is 18.0 Å². The number of nitrogens with zero attached hydrogens (tertiary/aromatic N) is 2. The molecule has 0 fully saturated rings. The van der Waals surface area contributed by atoms with Gasteiger partial charge in [-0.3, -0.25) is 13.9 Å². The van der Waals surface area contributed by atoms with Crippen LogP contribution in [0.25, 0.3) is 0 Å². The van der Waals surface area contributed by atoms with Gasteiger partial charge in [0.05, 0.1) is 10.6 Å². The summed E-state index contributed by atoms with van der Waals surface area (Å²) in [6.07, 6.45) is 0.875. The number of benzene rings is 3. The van der Waals surface area contributed by atoms with Gasteiger partial charge in [-0.25, -0.2) is 8.42 Å². The Morgan fingerprint density at radius 3 is 2.10 bits per heavy atom. The monoisotopic (exact) mass is 569 g/mol. The second-order valence-corrected chi connectivity index (χ2v) is 12.6. The van der Waals surface area contributed by atoms with Crippen LogP contribution >= 0.6 is 11.6 Å². The molecule has 9 heteroatoms. The second-order valence-electron chi connectivity index (χ2n) is 10.3. The molecule has 0 unspecified atom stereocenters. The quantitative estimate of drug-likeness (QED) is 0.339. The van der Waals surface area contributed by atoms with E-state index in [-0.39, 0.29) is 23.0 Å². The Morgan fingerprint density at radius 1 is 0.923 bits per heavy atom. The van der Waals surface area contributed by atoms with Crippen LogP contribution in [0.2, 0.25) is 5.02 Å². The summed E-state index contributed by atoms with van der Waals surface area (Å²) in [4.78, 5) is 28.8. The van der Waals surface area contributed by atoms with Gasteiger partial charge in [-0.1, -0.05) is 73.1 Å². The SMILES string of the molecule is CC[C@H](C(=O)NC(C)(C)C)N(CCc1ccccc1)C(=O)CN(c1cccc(Cl)c1)S(=O)(=O)c1ccccc1. The molecular weight excluding hydrogens is 534 g/mol. The molecule has 1 atom stereocenters. The predicted molar refractivity (Wildman–Crippen MR) is 156 cm³/mol. The van der Waals surface area contributed by atoms with Gasteiger partial charge in [-0.2, -0.15) is 0 Å². The van der Waals surface area contributed by atoms with Gasteiger partial charge < -0.3 is 10.2 Å². The Kier molecular flexibility index (Phi) is 10.2. The van der Waals surface area contributed by atoms with Gasteiger partial charge >= 0.3 is 0 Å². The summed E-state index contributed by atoms with van der Waals surface area (Å²) in [5, 5.41) is 3.31. The van der Waals surface area contributed by atoms with Crippen LogP contribution < -0.4 is 9.62 Å². The largest absolute Gasteiger partial charge is 0.350 e. The van der Waals surface area contributed by atoms with Crippen molar-refractivity contribution >= 4 is 39.1 Å². The maximum absolute atomic E-state index is 14.0. The standard InChI is InChI=1S/C30H36ClN3O4S/c1-5-27(29(36)32-30(2,3)4)33(20-19-23-13-8-6-9-14-23)28(35)22-34(25-16-12-15-24(31)21-25)39(37,38)26-17-10-7-11-18-26/h6-18,21,27H,5,19-20,22H2,1-4H3,(H,32,36)/t27-/m1/s1. The first-order chi connectivity index (χ1) is 18.4. The van der Waals surface area contributed by atoms with Crippen LogP contribution in [0.15, 0.2) is 89.8 Å². The number of hydrogen-bond donors (Lipinski definition) is 1. The molecule has 0 saturated heterocycles. The van der Waals surface area contributed by atoms with Gasteiger partial charge in [0, 0.05) is 17.1 Å². The maximum atomic E-state index is 14.0. The van der Waals surface area contributed by atoms with E-state index in [0.717, 1.165) is 9.87 Å². The van der Waals surface area contributed by atoms with Crippen molar-refractivity contribution in [2.45, 2.75) is 57.0 Å². The molecule has 0 bridgehead atoms. The number of carbonyl (C=O) groups is 2. The first-order valence-electron chi connectivity index (χ1n) is 12.9. The van der Waals surface area contributed by atoms with Gasteiger partial charge in [-0.15, -0.1) is 0 Å². The number of sulfonamides is 1. The molecule has 0 aliphatic carbocycles. The number of nitrogens with one attached hydrogen (secondary N) is 1. The summed E-state index contributed by atoms with van der Waals surface area (Å²) in [7, 11) is -4.12. The summed E-state index contributed by atoms with van der Waals surface area (Å²) in [6.45, 7) is 7.22. The highest BCUT2D eigenvalue weighted by Gasteiger charge is 2.34. The molecule has 3 rings (SSSR count). The Morgan fingerprint density at radius 2 is 1.54 bits per heavy atom. The van der Waals surface area contributed by atoms with Crippen LogP contribution in [0, 0.1) is 0 Å². The first kappa shape index (κ1) is 30.2. The number of carbonyl (C=O) groups excluding carboxylic acids is 2. The summed E-state index contributed by atoms with van der Waals surface area (Å²) in [5.41, 5.74) is 0.766. The number of amides is 2. The molecular formula is C30H36ClN3O4S. The molecule has 1 N–H and O–H groups in total. The summed E-state index contributed by atoms with van der Waals surface area (Å²) in [6, 6.07) is 23.2. The molecule has 39 heavy (non-hydrogen) atoms. The lowest BCUT2D eigenvalue weighted by Gasteiger charge is -2.34. The lowest BCUT2D eigenvalue weighted by atomic mass is 10.1. The Hall–Kier alpha value is -3.36. The number of rotatable bonds is 11. The highest BCUT2D eigenvalue weighted by molar-refractivity contribution is 7.92. The third-order valence-electron chi connectivity index (χ3n) is 6.07. The summed E-state index contributed by atoms with van der Waals surface area (Å²) >= 11 is 6.21. The van der Waals surface area contributed by atoms with Crippen molar-refractivity contribution in [1.29, 1.82) is 0 Å². The van der Waals surface area contributed by atoms with Gasteiger partial charge in [0.2, 0.25) is 11.8 Å². The van der Waals surface area contributed by atoms with Gasteiger partial charge in [-0.05, 0) is 69.5 Å². The van der Waals surface area contributed by atoms with E-state index in [0.29, 0.717) is 17.9 Å². The van der Waals surface area contributed by atoms with Crippen LogP contribution in [0.5, 0.6) is 0 Å². The molecule has 0 aliphatic rings. The highest BCUT2D eigenvalue weighted by atomic mass is 35.5. The molecule has 0 radical (unpaired) electrons. The van der Waals surface area contributed by atoms with Crippen molar-refractivity contribution in [2.75, 3.05) is 17.4 Å². The van der Waals surface area contributed by atoms with Crippen molar-refractivity contribution in [3.8, 4) is 0 Å². The third-order valence-corrected chi connectivity index (χ3v) is 8.10. The van der Waals surface area contributed by atoms with Crippen molar-refractivity contribution in [3.63, 3.8) is 0 Å². The Bertz CT molecular complexity index is 1360. The maximum Gasteiger partial charge on any atom is 0.264 e. The zero-order valence-corrected chi connectivity index (χ0v) is 24.4. The fourth-order valence-electron chi connectivity index (χ4n) is 4.23. The first-order valence-corrected chi connectivity index (χ1v) is 14.7. The van der Waals surface area contributed by atoms with E-state index in [1.165, 1.54) is 23.1 Å². The van der Waals surface area contributed by atoms with Crippen LogP contribution in [-0.2, 0) is 26.0 Å². The minimum Gasteiger partial charge on any atom is -0.350 e. The Balaban J connectivity index is 2.01. The molecule has 7 nitrogen and oxygen atoms in total. The lowest BCUT2D eigenvalue weighted by molar-refractivity contribution is -0.140. The molecule has 3 aromatic rings. The van der Waals surface area contributed by atoms with Crippen LogP contribution in [0.1, 0.15) is 39.7 Å². The fourth-order valence-corrected chi connectivity index (χ4v) is 5.84. The molecule has 0 heterocycles. The number of anilines is 1. The summed E-state index contributed by atoms with van der Waals surface area (Å²) in [5.74, 6) is -0.770. The minimum atomic E-state index is -4.12. The Labute approximate surface area is 236 Å². The van der Waals surface area contributed by atoms with Gasteiger partial charge in [0.1, 0.15) is 12.6 Å². The molecule has 3 aromatic carbocycles. The van der Waals surface area contributed by atoms with Crippen molar-refractivity contribution < 1.29 is 18.0 Å². The molecule has 0 aromatic heterocycles. The van der Waals surface area contributed by atoms with E-state index in [1.54, 1.807) is 36.4 Å². The van der Waals surface area contributed by atoms with Crippen molar-refractivity contribution in [1.82, 2.24) is 10.2 Å². The lowest BCUT2D eigenvalue weighted by Crippen LogP contribution is -2.56. The third kappa shape index (κ3) is 8.31. The van der Waals surface area contributed by atoms with E-state index >= 15 is 0 Å². The normalized spacial score (nSPS) is 12.4. The molecule has 2 amide bonds. The fraction of sp³-hybridized carbons (Fsp3) is 0.333. The predicted octanol–water partition coefficient (Wildman–Crippen LogP) is 5.30. The summed E-state index contributed by atoms with van der Waals surface area (Å²) < 4.78 is 28.6. The zero-order valence-electron chi connectivity index (χ0n) is 22.8. The highest BCUT2D eigenvalue weighted by Crippen LogP contribution is 2.26. The smallest absolute Gasteiger partial charge is 0.264 e. The van der Waals surface area contributed by atoms with Crippen molar-refractivity contribution in [2.24, 2.45) is 0 Å². The van der Waals surface area contributed by atoms with E-state index in [2.05, 4.69) is 5.32 Å². The second kappa shape index (κ2) is 13.1. The topological polar surface area (TPSA) is 86.8 Å². The molecule has 0 aliphatic heterocycles. The van der Waals surface area contributed by atoms with E-state index in [1.807, 2.05) is 58.0 Å². The molecule has 0 spiro atoms. The molecule has 0 saturated carbocycles. The van der Waals surface area contributed by atoms with Crippen LogP contribution in [0.3, 0.4) is 0 Å². The average molecular weight is 570 g/mol. The number of hydrogen-bond acceptors (Lipinski definition) is 4. The van der Waals surface area contributed by atoms with Crippen molar-refractivity contribution in [3.05, 3.63) is 95.5 Å². The van der Waals surface area contributed by atoms with Gasteiger partial charge in [0.25, 0.3) is 10.0 Å². The van der Waals surface area contributed by atoms with Crippen LogP contribution in [0.4, 0.5) is 5.69 Å². The zero-order chi connectivity index (χ0) is 28.6. The van der Waals surface area contributed by atoms with Crippen LogP contribution in [-0.4, -0.2) is 49.8 Å². The molecule has 208 valence electrons. The number of halogens is 1.